The Morgan fingerprint density at radius 1 is 1.29 bits per heavy atom. The minimum atomic E-state index is -0.385. The molecule has 1 fully saturated rings. The van der Waals surface area contributed by atoms with E-state index in [0.29, 0.717) is 19.4 Å². The molecule has 21 heavy (non-hydrogen) atoms. The summed E-state index contributed by atoms with van der Waals surface area (Å²) in [6.07, 6.45) is 3.95. The van der Waals surface area contributed by atoms with Crippen LogP contribution in [0.3, 0.4) is 0 Å². The molecule has 5 heteroatoms. The molecular formula is C16H23N3O2. The molecule has 1 aromatic heterocycles. The number of piperazine rings is 1. The minimum absolute atomic E-state index is 0.0175. The number of nitrogens with zero attached hydrogens (tertiary/aromatic N) is 2. The van der Waals surface area contributed by atoms with Crippen molar-refractivity contribution in [3.8, 4) is 0 Å². The van der Waals surface area contributed by atoms with Gasteiger partial charge in [0.2, 0.25) is 11.8 Å². The minimum Gasteiger partial charge on any atom is -0.343 e. The molecule has 0 radical (unpaired) electrons. The predicted molar refractivity (Wildman–Crippen MR) is 80.4 cm³/mol. The smallest absolute Gasteiger partial charge is 0.246 e. The van der Waals surface area contributed by atoms with Crippen molar-refractivity contribution in [1.29, 1.82) is 0 Å². The van der Waals surface area contributed by atoms with Gasteiger partial charge in [-0.1, -0.05) is 26.3 Å². The van der Waals surface area contributed by atoms with Crippen molar-refractivity contribution < 1.29 is 9.59 Å². The fourth-order valence-electron chi connectivity index (χ4n) is 2.69. The largest absolute Gasteiger partial charge is 0.343 e. The van der Waals surface area contributed by atoms with E-state index in [2.05, 4.69) is 10.3 Å². The van der Waals surface area contributed by atoms with Gasteiger partial charge in [-0.25, -0.2) is 0 Å². The third kappa shape index (κ3) is 3.40. The monoisotopic (exact) mass is 289 g/mol. The molecule has 1 N–H and O–H groups in total. The Labute approximate surface area is 125 Å². The third-order valence-electron chi connectivity index (χ3n) is 3.87. The van der Waals surface area contributed by atoms with Gasteiger partial charge >= 0.3 is 0 Å². The lowest BCUT2D eigenvalue weighted by Gasteiger charge is -2.38. The highest BCUT2D eigenvalue weighted by atomic mass is 16.2. The molecule has 1 aromatic rings. The van der Waals surface area contributed by atoms with Crippen LogP contribution in [-0.4, -0.2) is 33.8 Å². The molecule has 5 nitrogen and oxygen atoms in total. The van der Waals surface area contributed by atoms with E-state index in [9.17, 15) is 9.59 Å². The van der Waals surface area contributed by atoms with E-state index in [0.717, 1.165) is 17.7 Å². The first-order valence-corrected chi connectivity index (χ1v) is 7.59. The number of hydrogen-bond donors (Lipinski definition) is 1. The second-order valence-corrected chi connectivity index (χ2v) is 5.55. The molecule has 2 heterocycles. The van der Waals surface area contributed by atoms with Crippen LogP contribution in [0.4, 0.5) is 0 Å². The van der Waals surface area contributed by atoms with Crippen LogP contribution in [0.25, 0.3) is 0 Å². The van der Waals surface area contributed by atoms with Crippen molar-refractivity contribution in [2.24, 2.45) is 0 Å². The number of aryl methyl sites for hydroxylation is 1. The Hall–Kier alpha value is -1.91. The number of amides is 2. The summed E-state index contributed by atoms with van der Waals surface area (Å²) in [5, 5.41) is 2.85. The molecule has 2 rings (SSSR count). The first-order valence-electron chi connectivity index (χ1n) is 7.59. The van der Waals surface area contributed by atoms with Crippen molar-refractivity contribution in [1.82, 2.24) is 15.2 Å². The number of pyridine rings is 1. The molecule has 2 amide bonds. The molecule has 0 aliphatic carbocycles. The quantitative estimate of drug-likeness (QED) is 0.899. The Balaban J connectivity index is 2.20. The molecule has 1 aliphatic heterocycles. The molecule has 2 atom stereocenters. The van der Waals surface area contributed by atoms with Crippen molar-refractivity contribution in [3.05, 3.63) is 29.6 Å². The van der Waals surface area contributed by atoms with Crippen LogP contribution in [0.5, 0.6) is 0 Å². The molecule has 0 saturated carbocycles. The lowest BCUT2D eigenvalue weighted by Crippen LogP contribution is -2.62. The lowest BCUT2D eigenvalue weighted by molar-refractivity contribution is -0.150. The van der Waals surface area contributed by atoms with Crippen LogP contribution in [-0.2, 0) is 16.1 Å². The normalized spacial score (nSPS) is 22.3. The van der Waals surface area contributed by atoms with Gasteiger partial charge in [-0.2, -0.15) is 0 Å². The fourth-order valence-corrected chi connectivity index (χ4v) is 2.69. The molecular weight excluding hydrogens is 266 g/mol. The highest BCUT2D eigenvalue weighted by Crippen LogP contribution is 2.18. The van der Waals surface area contributed by atoms with Crippen molar-refractivity contribution in [3.63, 3.8) is 0 Å². The van der Waals surface area contributed by atoms with Gasteiger partial charge < -0.3 is 10.2 Å². The molecule has 1 saturated heterocycles. The summed E-state index contributed by atoms with van der Waals surface area (Å²) >= 11 is 0. The van der Waals surface area contributed by atoms with Crippen molar-refractivity contribution in [2.45, 2.75) is 58.7 Å². The van der Waals surface area contributed by atoms with E-state index >= 15 is 0 Å². The Kier molecular flexibility index (Phi) is 4.94. The summed E-state index contributed by atoms with van der Waals surface area (Å²) in [7, 11) is 0. The SMILES string of the molecule is CCCC1NC(=O)C(CC)N(Cc2ccc(C)nc2)C1=O. The van der Waals surface area contributed by atoms with Crippen molar-refractivity contribution in [2.75, 3.05) is 0 Å². The standard InChI is InChI=1S/C16H23N3O2/c1-4-6-13-16(21)19(14(5-2)15(20)18-13)10-12-8-7-11(3)17-9-12/h7-9,13-14H,4-6,10H2,1-3H3,(H,18,20). The Bertz CT molecular complexity index is 513. The van der Waals surface area contributed by atoms with Crippen LogP contribution in [0.2, 0.25) is 0 Å². The predicted octanol–water partition coefficient (Wildman–Crippen LogP) is 1.80. The molecule has 2 unspecified atom stereocenters. The zero-order valence-corrected chi connectivity index (χ0v) is 12.9. The first-order chi connectivity index (χ1) is 10.1. The molecule has 0 spiro atoms. The number of hydrogen-bond acceptors (Lipinski definition) is 3. The van der Waals surface area contributed by atoms with E-state index in [1.54, 1.807) is 11.1 Å². The topological polar surface area (TPSA) is 62.3 Å². The molecule has 0 aromatic carbocycles. The molecule has 0 bridgehead atoms. The van der Waals surface area contributed by atoms with Crippen molar-refractivity contribution >= 4 is 11.8 Å². The maximum Gasteiger partial charge on any atom is 0.246 e. The number of nitrogens with one attached hydrogen (secondary N) is 1. The molecule has 1 aliphatic rings. The summed E-state index contributed by atoms with van der Waals surface area (Å²) in [6, 6.07) is 3.12. The second kappa shape index (κ2) is 6.70. The summed E-state index contributed by atoms with van der Waals surface area (Å²) in [6.45, 7) is 6.31. The van der Waals surface area contributed by atoms with Crippen LogP contribution in [0, 0.1) is 6.92 Å². The second-order valence-electron chi connectivity index (χ2n) is 5.55. The van der Waals surface area contributed by atoms with E-state index < -0.39 is 0 Å². The highest BCUT2D eigenvalue weighted by molar-refractivity contribution is 5.96. The van der Waals surface area contributed by atoms with Gasteiger partial charge in [0.25, 0.3) is 0 Å². The van der Waals surface area contributed by atoms with Gasteiger partial charge in [0.1, 0.15) is 12.1 Å². The average molecular weight is 289 g/mol. The average Bonchev–Trinajstić information content (AvgIpc) is 2.47. The summed E-state index contributed by atoms with van der Waals surface area (Å²) in [4.78, 5) is 30.7. The van der Waals surface area contributed by atoms with E-state index in [1.165, 1.54) is 0 Å². The Morgan fingerprint density at radius 3 is 2.62 bits per heavy atom. The molecule has 114 valence electrons. The summed E-state index contributed by atoms with van der Waals surface area (Å²) in [5.41, 5.74) is 1.90. The fraction of sp³-hybridized carbons (Fsp3) is 0.562. The summed E-state index contributed by atoms with van der Waals surface area (Å²) < 4.78 is 0. The lowest BCUT2D eigenvalue weighted by atomic mass is 10.0. The summed E-state index contributed by atoms with van der Waals surface area (Å²) in [5.74, 6) is -0.0282. The van der Waals surface area contributed by atoms with E-state index in [1.807, 2.05) is 32.9 Å². The highest BCUT2D eigenvalue weighted by Gasteiger charge is 2.38. The van der Waals surface area contributed by atoms with Crippen LogP contribution < -0.4 is 5.32 Å². The zero-order chi connectivity index (χ0) is 15.4. The van der Waals surface area contributed by atoms with E-state index in [4.69, 9.17) is 0 Å². The van der Waals surface area contributed by atoms with Crippen LogP contribution >= 0.6 is 0 Å². The maximum absolute atomic E-state index is 12.6. The van der Waals surface area contributed by atoms with Crippen LogP contribution in [0.15, 0.2) is 18.3 Å². The maximum atomic E-state index is 12.6. The van der Waals surface area contributed by atoms with Gasteiger partial charge in [0, 0.05) is 18.4 Å². The number of aromatic nitrogens is 1. The van der Waals surface area contributed by atoms with Gasteiger partial charge in [-0.15, -0.1) is 0 Å². The third-order valence-corrected chi connectivity index (χ3v) is 3.87. The van der Waals surface area contributed by atoms with Gasteiger partial charge in [0.15, 0.2) is 0 Å². The van der Waals surface area contributed by atoms with Gasteiger partial charge in [0.05, 0.1) is 0 Å². The van der Waals surface area contributed by atoms with Gasteiger partial charge in [-0.3, -0.25) is 14.6 Å². The number of carbonyl (C=O) groups excluding carboxylic acids is 2. The zero-order valence-electron chi connectivity index (χ0n) is 12.9. The van der Waals surface area contributed by atoms with Crippen LogP contribution in [0.1, 0.15) is 44.4 Å². The van der Waals surface area contributed by atoms with Gasteiger partial charge in [-0.05, 0) is 31.4 Å². The van der Waals surface area contributed by atoms with E-state index in [-0.39, 0.29) is 23.9 Å². The number of rotatable bonds is 5. The Morgan fingerprint density at radius 2 is 2.05 bits per heavy atom. The number of carbonyl (C=O) groups is 2. The first kappa shape index (κ1) is 15.5.